The van der Waals surface area contributed by atoms with Gasteiger partial charge in [0.25, 0.3) is 13.4 Å². The molecule has 6 nitrogen and oxygen atoms in total. The van der Waals surface area contributed by atoms with Gasteiger partial charge in [0.15, 0.2) is 0 Å². The molecule has 0 amide bonds. The van der Waals surface area contributed by atoms with Crippen molar-refractivity contribution in [2.45, 2.75) is 0 Å². The lowest BCUT2D eigenvalue weighted by Gasteiger charge is -2.47. The van der Waals surface area contributed by atoms with Gasteiger partial charge in [-0.2, -0.15) is 0 Å². The molecule has 0 fully saturated rings. The normalized spacial score (nSPS) is 13.6. The highest BCUT2D eigenvalue weighted by atomic mass is 15.2. The van der Waals surface area contributed by atoms with Gasteiger partial charge in [-0.25, -0.2) is 0 Å². The Kier molecular flexibility index (Phi) is 8.56. The van der Waals surface area contributed by atoms with Crippen molar-refractivity contribution in [2.24, 2.45) is 0 Å². The van der Waals surface area contributed by atoms with Crippen LogP contribution in [0.15, 0.2) is 206 Å². The quantitative estimate of drug-likeness (QED) is 0.154. The first kappa shape index (κ1) is 38.4. The first-order valence-electron chi connectivity index (χ1n) is 22.9. The van der Waals surface area contributed by atoms with E-state index in [1.165, 1.54) is 78.3 Å². The van der Waals surface area contributed by atoms with E-state index in [-0.39, 0.29) is 13.4 Å². The Morgan fingerprint density at radius 1 is 0.273 bits per heavy atom. The van der Waals surface area contributed by atoms with Crippen molar-refractivity contribution in [3.63, 3.8) is 0 Å². The van der Waals surface area contributed by atoms with E-state index in [9.17, 15) is 0 Å². The molecule has 4 aliphatic heterocycles. The summed E-state index contributed by atoms with van der Waals surface area (Å²) in [6.45, 7) is -0.0751. The Morgan fingerprint density at radius 3 is 0.879 bits per heavy atom. The summed E-state index contributed by atoms with van der Waals surface area (Å²) in [5.41, 5.74) is 24.2. The van der Waals surface area contributed by atoms with Crippen LogP contribution in [0.2, 0.25) is 0 Å². The minimum atomic E-state index is -0.0375. The highest BCUT2D eigenvalue weighted by Crippen LogP contribution is 2.50. The minimum absolute atomic E-state index is 0.0375. The first-order chi connectivity index (χ1) is 32.4. The molecule has 314 valence electrons. The van der Waals surface area contributed by atoms with Crippen LogP contribution in [-0.2, 0) is 0 Å². The Labute approximate surface area is 388 Å². The van der Waals surface area contributed by atoms with Gasteiger partial charge < -0.3 is 29.4 Å². The van der Waals surface area contributed by atoms with Crippen molar-refractivity contribution in [3.8, 4) is 0 Å². The van der Waals surface area contributed by atoms with Crippen molar-refractivity contribution in [1.29, 1.82) is 0 Å². The third-order valence-corrected chi connectivity index (χ3v) is 14.1. The topological polar surface area (TPSA) is 19.4 Å². The third kappa shape index (κ3) is 5.57. The van der Waals surface area contributed by atoms with Crippen LogP contribution >= 0.6 is 0 Å². The zero-order chi connectivity index (χ0) is 44.2. The average Bonchev–Trinajstić information content (AvgIpc) is 3.36. The molecular formula is C58H46B2N6. The van der Waals surface area contributed by atoms with Crippen LogP contribution in [0.5, 0.6) is 0 Å². The molecule has 9 aromatic carbocycles. The largest absolute Gasteiger partial charge is 0.378 e. The lowest BCUT2D eigenvalue weighted by molar-refractivity contribution is 1.12. The molecule has 0 aliphatic carbocycles. The van der Waals surface area contributed by atoms with Gasteiger partial charge in [-0.15, -0.1) is 0 Å². The molecule has 0 N–H and O–H groups in total. The molecule has 0 aromatic heterocycles. The molecule has 0 bridgehead atoms. The summed E-state index contributed by atoms with van der Waals surface area (Å²) in [6, 6.07) is 76.7. The van der Waals surface area contributed by atoms with Gasteiger partial charge in [0.05, 0.1) is 0 Å². The number of nitrogens with zero attached hydrogens (tertiary/aromatic N) is 6. The Bertz CT molecular complexity index is 3140. The van der Waals surface area contributed by atoms with Gasteiger partial charge in [0.1, 0.15) is 0 Å². The predicted molar refractivity (Wildman–Crippen MR) is 283 cm³/mol. The van der Waals surface area contributed by atoms with Gasteiger partial charge in [0, 0.05) is 108 Å². The number of fused-ring (bicyclic) bond motifs is 8. The van der Waals surface area contributed by atoms with Crippen molar-refractivity contribution in [3.05, 3.63) is 206 Å². The maximum absolute atomic E-state index is 2.61. The highest BCUT2D eigenvalue weighted by molar-refractivity contribution is 7.03. The van der Waals surface area contributed by atoms with E-state index >= 15 is 0 Å². The maximum atomic E-state index is 2.61. The summed E-state index contributed by atoms with van der Waals surface area (Å²) in [5.74, 6) is 0. The van der Waals surface area contributed by atoms with Crippen molar-refractivity contribution in [1.82, 2.24) is 0 Å². The fourth-order valence-electron chi connectivity index (χ4n) is 11.3. The van der Waals surface area contributed by atoms with E-state index in [0.29, 0.717) is 0 Å². The van der Waals surface area contributed by atoms with E-state index in [2.05, 4.69) is 264 Å². The summed E-state index contributed by atoms with van der Waals surface area (Å²) in [7, 11) is 8.62. The first-order valence-corrected chi connectivity index (χ1v) is 22.9. The van der Waals surface area contributed by atoms with E-state index in [1.54, 1.807) is 0 Å². The lowest BCUT2D eigenvalue weighted by Crippen LogP contribution is -2.65. The van der Waals surface area contributed by atoms with Crippen molar-refractivity contribution >= 4 is 126 Å². The zero-order valence-corrected chi connectivity index (χ0v) is 37.5. The smallest absolute Gasteiger partial charge is 0.252 e. The van der Waals surface area contributed by atoms with Crippen molar-refractivity contribution < 1.29 is 0 Å². The van der Waals surface area contributed by atoms with Crippen LogP contribution in [0.25, 0.3) is 0 Å². The lowest BCUT2D eigenvalue weighted by atomic mass is 9.30. The van der Waals surface area contributed by atoms with Crippen molar-refractivity contribution in [2.75, 3.05) is 57.6 Å². The number of hydrogen-bond donors (Lipinski definition) is 0. The number of anilines is 14. The van der Waals surface area contributed by atoms with Crippen LogP contribution in [0.1, 0.15) is 0 Å². The molecular weight excluding hydrogens is 802 g/mol. The minimum Gasteiger partial charge on any atom is -0.378 e. The molecule has 9 aromatic rings. The molecule has 4 aliphatic rings. The average molecular weight is 849 g/mol. The van der Waals surface area contributed by atoms with E-state index in [1.807, 2.05) is 0 Å². The molecule has 0 unspecified atom stereocenters. The fraction of sp³-hybridized carbons (Fsp3) is 0.0690. The van der Waals surface area contributed by atoms with Crippen LogP contribution < -0.4 is 62.2 Å². The number of hydrogen-bond acceptors (Lipinski definition) is 6. The van der Waals surface area contributed by atoms with E-state index in [4.69, 9.17) is 0 Å². The van der Waals surface area contributed by atoms with E-state index < -0.39 is 0 Å². The Hall–Kier alpha value is -8.09. The second kappa shape index (κ2) is 14.7. The number of rotatable bonds is 6. The summed E-state index contributed by atoms with van der Waals surface area (Å²) < 4.78 is 0. The number of para-hydroxylation sites is 6. The molecule has 0 saturated heterocycles. The zero-order valence-electron chi connectivity index (χ0n) is 37.5. The number of benzene rings is 9. The molecule has 0 radical (unpaired) electrons. The molecule has 8 heteroatoms. The van der Waals surface area contributed by atoms with Gasteiger partial charge in [-0.3, -0.25) is 0 Å². The van der Waals surface area contributed by atoms with Gasteiger partial charge in [-0.1, -0.05) is 115 Å². The summed E-state index contributed by atoms with van der Waals surface area (Å²) >= 11 is 0. The van der Waals surface area contributed by atoms with Crippen LogP contribution in [0.4, 0.5) is 79.6 Å². The highest BCUT2D eigenvalue weighted by Gasteiger charge is 2.48. The molecule has 13 rings (SSSR count). The monoisotopic (exact) mass is 848 g/mol. The van der Waals surface area contributed by atoms with Gasteiger partial charge >= 0.3 is 0 Å². The Balaban J connectivity index is 1.17. The molecule has 0 spiro atoms. The standard InChI is InChI=1S/C58H46B2N6/c1-61(2)43-33-53-57-55(35-43)65(41-25-13-7-14-26-41)51-38-52-48(37-47(51)59(57)45-29-17-19-31-49(45)63(53)39-21-9-5-10-22-39)60-46-30-18-20-32-50(46)64(40-23-11-6-12-24-40)54-34-44(62(3)4)36-56(58(54)60)66(52)42-27-15-8-16-28-42/h5-38H,1-4H3. The Morgan fingerprint density at radius 2 is 0.561 bits per heavy atom. The molecule has 4 heterocycles. The van der Waals surface area contributed by atoms with Gasteiger partial charge in [0.2, 0.25) is 0 Å². The third-order valence-electron chi connectivity index (χ3n) is 14.1. The van der Waals surface area contributed by atoms with Crippen LogP contribution in [0, 0.1) is 0 Å². The molecule has 66 heavy (non-hydrogen) atoms. The predicted octanol–water partition coefficient (Wildman–Crippen LogP) is 9.98. The molecule has 0 atom stereocenters. The summed E-state index contributed by atoms with van der Waals surface area (Å²) in [4.78, 5) is 14.6. The van der Waals surface area contributed by atoms with Crippen LogP contribution in [-0.4, -0.2) is 41.6 Å². The summed E-state index contributed by atoms with van der Waals surface area (Å²) in [6.07, 6.45) is 0. The molecule has 0 saturated carbocycles. The van der Waals surface area contributed by atoms with Gasteiger partial charge in [-0.05, 0) is 124 Å². The van der Waals surface area contributed by atoms with E-state index in [0.717, 1.165) is 34.1 Å². The second-order valence-electron chi connectivity index (χ2n) is 18.2. The SMILES string of the molecule is CN(C)c1cc2c3c(c1)N(c1ccccc1)c1cc4c(cc1B3c1ccccc1N2c1ccccc1)B1c2ccccc2N(c2ccccc2)c2cc(N(C)C)cc(c21)N4c1ccccc1. The summed E-state index contributed by atoms with van der Waals surface area (Å²) in [5, 5.41) is 0. The van der Waals surface area contributed by atoms with Crippen LogP contribution in [0.3, 0.4) is 0 Å². The maximum Gasteiger partial charge on any atom is 0.252 e. The second-order valence-corrected chi connectivity index (χ2v) is 18.2. The fourth-order valence-corrected chi connectivity index (χ4v) is 11.3.